The lowest BCUT2D eigenvalue weighted by Crippen LogP contribution is -2.42. The van der Waals surface area contributed by atoms with E-state index in [1.54, 1.807) is 4.90 Å². The maximum absolute atomic E-state index is 12.1. The maximum Gasteiger partial charge on any atom is 0.324 e. The standard InChI is InChI=1S/C25H35N3O/c1-4-24(26-14-7-8-16-28-17-9-15-27(3)25(28)29)20(2)18-21-12-13-22-10-5-6-11-23(22)19-21/h5-6,9-13,15,19-20,24,26H,4,7-8,14,16-18H2,1-3H3. The van der Waals surface area contributed by atoms with Crippen LogP contribution in [0.1, 0.15) is 38.7 Å². The first-order valence-corrected chi connectivity index (χ1v) is 11.0. The quantitative estimate of drug-likeness (QED) is 0.574. The highest BCUT2D eigenvalue weighted by molar-refractivity contribution is 5.83. The van der Waals surface area contributed by atoms with E-state index >= 15 is 0 Å². The van der Waals surface area contributed by atoms with E-state index in [1.807, 2.05) is 24.2 Å². The van der Waals surface area contributed by atoms with E-state index in [2.05, 4.69) is 61.6 Å². The minimum absolute atomic E-state index is 0.107. The van der Waals surface area contributed by atoms with Gasteiger partial charge in [-0.3, -0.25) is 0 Å². The molecule has 0 spiro atoms. The molecule has 0 radical (unpaired) electrons. The van der Waals surface area contributed by atoms with Crippen LogP contribution in [0.4, 0.5) is 4.79 Å². The van der Waals surface area contributed by atoms with Crippen molar-refractivity contribution < 1.29 is 4.79 Å². The molecule has 3 rings (SSSR count). The maximum atomic E-state index is 12.1. The highest BCUT2D eigenvalue weighted by Crippen LogP contribution is 2.20. The molecule has 4 nitrogen and oxygen atoms in total. The van der Waals surface area contributed by atoms with Gasteiger partial charge in [-0.25, -0.2) is 4.79 Å². The molecule has 29 heavy (non-hydrogen) atoms. The molecular weight excluding hydrogens is 358 g/mol. The second-order valence-electron chi connectivity index (χ2n) is 8.26. The van der Waals surface area contributed by atoms with Crippen molar-refractivity contribution in [3.63, 3.8) is 0 Å². The van der Waals surface area contributed by atoms with E-state index < -0.39 is 0 Å². The zero-order chi connectivity index (χ0) is 20.6. The molecule has 0 saturated carbocycles. The van der Waals surface area contributed by atoms with Crippen LogP contribution in [0.25, 0.3) is 10.8 Å². The van der Waals surface area contributed by atoms with Gasteiger partial charge in [-0.2, -0.15) is 0 Å². The minimum atomic E-state index is 0.107. The summed E-state index contributed by atoms with van der Waals surface area (Å²) in [5.74, 6) is 0.587. The molecule has 2 atom stereocenters. The first-order chi connectivity index (χ1) is 14.1. The average molecular weight is 394 g/mol. The Labute approximate surface area is 175 Å². The molecule has 0 fully saturated rings. The lowest BCUT2D eigenvalue weighted by Gasteiger charge is -2.29. The monoisotopic (exact) mass is 393 g/mol. The number of benzene rings is 2. The van der Waals surface area contributed by atoms with Crippen LogP contribution < -0.4 is 5.32 Å². The van der Waals surface area contributed by atoms with E-state index in [-0.39, 0.29) is 6.03 Å². The van der Waals surface area contributed by atoms with E-state index in [0.29, 0.717) is 12.0 Å². The molecule has 1 N–H and O–H groups in total. The summed E-state index contributed by atoms with van der Waals surface area (Å²) in [6.07, 6.45) is 8.25. The molecule has 0 bridgehead atoms. The second-order valence-corrected chi connectivity index (χ2v) is 8.26. The number of nitrogens with one attached hydrogen (secondary N) is 1. The van der Waals surface area contributed by atoms with Crippen molar-refractivity contribution in [1.29, 1.82) is 0 Å². The number of unbranched alkanes of at least 4 members (excludes halogenated alkanes) is 1. The van der Waals surface area contributed by atoms with Gasteiger partial charge in [0.15, 0.2) is 0 Å². The summed E-state index contributed by atoms with van der Waals surface area (Å²) in [4.78, 5) is 15.6. The van der Waals surface area contributed by atoms with Crippen molar-refractivity contribution in [3.05, 3.63) is 60.3 Å². The van der Waals surface area contributed by atoms with Crippen LogP contribution in [0.5, 0.6) is 0 Å². The first kappa shape index (κ1) is 21.4. The molecule has 0 saturated heterocycles. The normalized spacial score (nSPS) is 16.4. The van der Waals surface area contributed by atoms with Gasteiger partial charge in [0.05, 0.1) is 0 Å². The first-order valence-electron chi connectivity index (χ1n) is 11.0. The van der Waals surface area contributed by atoms with Crippen molar-refractivity contribution in [1.82, 2.24) is 15.1 Å². The summed E-state index contributed by atoms with van der Waals surface area (Å²) in [6, 6.07) is 16.0. The molecular formula is C25H35N3O. The summed E-state index contributed by atoms with van der Waals surface area (Å²) < 4.78 is 0. The minimum Gasteiger partial charge on any atom is -0.321 e. The van der Waals surface area contributed by atoms with E-state index in [0.717, 1.165) is 45.3 Å². The van der Waals surface area contributed by atoms with Gasteiger partial charge in [0.25, 0.3) is 0 Å². The van der Waals surface area contributed by atoms with Gasteiger partial charge in [-0.1, -0.05) is 56.3 Å². The molecule has 4 heteroatoms. The fourth-order valence-electron chi connectivity index (χ4n) is 4.23. The predicted molar refractivity (Wildman–Crippen MR) is 122 cm³/mol. The lowest BCUT2D eigenvalue weighted by molar-refractivity contribution is 0.175. The van der Waals surface area contributed by atoms with E-state index in [4.69, 9.17) is 0 Å². The third kappa shape index (κ3) is 5.83. The molecule has 156 valence electrons. The van der Waals surface area contributed by atoms with Crippen LogP contribution >= 0.6 is 0 Å². The van der Waals surface area contributed by atoms with Crippen molar-refractivity contribution in [2.45, 2.75) is 45.6 Å². The molecule has 0 aliphatic carbocycles. The van der Waals surface area contributed by atoms with Gasteiger partial charge in [-0.05, 0) is 60.6 Å². The van der Waals surface area contributed by atoms with Crippen molar-refractivity contribution in [2.24, 2.45) is 5.92 Å². The Morgan fingerprint density at radius 2 is 1.90 bits per heavy atom. The Bertz CT molecular complexity index is 832. The third-order valence-electron chi connectivity index (χ3n) is 5.99. The number of amides is 2. The Balaban J connectivity index is 1.41. The SMILES string of the molecule is CCC(NCCCCN1CC=CN(C)C1=O)C(C)Cc1ccc2ccccc2c1. The molecule has 2 aromatic carbocycles. The number of hydrogen-bond acceptors (Lipinski definition) is 2. The Hall–Kier alpha value is -2.33. The van der Waals surface area contributed by atoms with Crippen LogP contribution in [-0.2, 0) is 6.42 Å². The summed E-state index contributed by atoms with van der Waals surface area (Å²) in [5.41, 5.74) is 1.41. The van der Waals surface area contributed by atoms with Gasteiger partial charge in [0.1, 0.15) is 0 Å². The van der Waals surface area contributed by atoms with Crippen molar-refractivity contribution >= 4 is 16.8 Å². The molecule has 1 aliphatic heterocycles. The summed E-state index contributed by atoms with van der Waals surface area (Å²) in [5, 5.41) is 6.39. The van der Waals surface area contributed by atoms with Crippen molar-refractivity contribution in [2.75, 3.05) is 26.7 Å². The van der Waals surface area contributed by atoms with Crippen LogP contribution in [-0.4, -0.2) is 48.6 Å². The van der Waals surface area contributed by atoms with Crippen LogP contribution in [0.2, 0.25) is 0 Å². The largest absolute Gasteiger partial charge is 0.324 e. The Kier molecular flexibility index (Phi) is 7.70. The molecule has 2 aromatic rings. The summed E-state index contributed by atoms with van der Waals surface area (Å²) in [6.45, 7) is 7.19. The molecule has 0 aromatic heterocycles. The zero-order valence-corrected chi connectivity index (χ0v) is 18.1. The van der Waals surface area contributed by atoms with Gasteiger partial charge in [0, 0.05) is 32.4 Å². The number of rotatable bonds is 10. The van der Waals surface area contributed by atoms with Gasteiger partial charge in [0.2, 0.25) is 0 Å². The smallest absolute Gasteiger partial charge is 0.321 e. The number of fused-ring (bicyclic) bond motifs is 1. The van der Waals surface area contributed by atoms with Gasteiger partial charge >= 0.3 is 6.03 Å². The second kappa shape index (κ2) is 10.4. The number of carbonyl (C=O) groups excluding carboxylic acids is 1. The van der Waals surface area contributed by atoms with Crippen LogP contribution in [0.15, 0.2) is 54.7 Å². The Morgan fingerprint density at radius 1 is 1.10 bits per heavy atom. The summed E-state index contributed by atoms with van der Waals surface area (Å²) in [7, 11) is 1.81. The number of carbonyl (C=O) groups is 1. The molecule has 1 aliphatic rings. The van der Waals surface area contributed by atoms with Crippen LogP contribution in [0, 0.1) is 5.92 Å². The number of hydrogen-bond donors (Lipinski definition) is 1. The lowest BCUT2D eigenvalue weighted by atomic mass is 9.91. The van der Waals surface area contributed by atoms with E-state index in [1.165, 1.54) is 16.3 Å². The fraction of sp³-hybridized carbons (Fsp3) is 0.480. The topological polar surface area (TPSA) is 35.6 Å². The van der Waals surface area contributed by atoms with Crippen LogP contribution in [0.3, 0.4) is 0 Å². The molecule has 2 amide bonds. The fourth-order valence-corrected chi connectivity index (χ4v) is 4.23. The van der Waals surface area contributed by atoms with Crippen molar-refractivity contribution in [3.8, 4) is 0 Å². The molecule has 1 heterocycles. The third-order valence-corrected chi connectivity index (χ3v) is 5.99. The van der Waals surface area contributed by atoms with Gasteiger partial charge < -0.3 is 15.1 Å². The molecule has 2 unspecified atom stereocenters. The Morgan fingerprint density at radius 3 is 2.69 bits per heavy atom. The number of nitrogens with zero attached hydrogens (tertiary/aromatic N) is 2. The average Bonchev–Trinajstić information content (AvgIpc) is 2.73. The summed E-state index contributed by atoms with van der Waals surface area (Å²) >= 11 is 0. The zero-order valence-electron chi connectivity index (χ0n) is 18.1. The number of urea groups is 1. The van der Waals surface area contributed by atoms with E-state index in [9.17, 15) is 4.79 Å². The highest BCUT2D eigenvalue weighted by atomic mass is 16.2. The van der Waals surface area contributed by atoms with Gasteiger partial charge in [-0.15, -0.1) is 0 Å². The highest BCUT2D eigenvalue weighted by Gasteiger charge is 2.19. The predicted octanol–water partition coefficient (Wildman–Crippen LogP) is 5.05.